The zero-order valence-electron chi connectivity index (χ0n) is 10.9. The maximum Gasteiger partial charge on any atom is 0.337 e. The molecule has 1 heterocycles. The molecule has 2 N–H and O–H groups in total. The van der Waals surface area contributed by atoms with Crippen molar-refractivity contribution < 1.29 is 9.90 Å². The van der Waals surface area contributed by atoms with Gasteiger partial charge in [-0.25, -0.2) is 4.79 Å². The van der Waals surface area contributed by atoms with Crippen molar-refractivity contribution in [2.75, 3.05) is 5.32 Å². The summed E-state index contributed by atoms with van der Waals surface area (Å²) >= 11 is 0. The molecule has 0 bridgehead atoms. The first-order chi connectivity index (χ1) is 9.11. The van der Waals surface area contributed by atoms with Crippen molar-refractivity contribution in [3.05, 3.63) is 41.5 Å². The van der Waals surface area contributed by atoms with Gasteiger partial charge < -0.3 is 15.0 Å². The second-order valence-corrected chi connectivity index (χ2v) is 4.24. The Morgan fingerprint density at radius 3 is 2.95 bits per heavy atom. The highest BCUT2D eigenvalue weighted by atomic mass is 16.4. The van der Waals surface area contributed by atoms with Gasteiger partial charge >= 0.3 is 5.97 Å². The van der Waals surface area contributed by atoms with Gasteiger partial charge in [0, 0.05) is 12.2 Å². The number of hydrogen-bond acceptors (Lipinski definition) is 4. The fraction of sp³-hybridized carbons (Fsp3) is 0.308. The number of hydrogen-bond donors (Lipinski definition) is 2. The van der Waals surface area contributed by atoms with E-state index in [0.717, 1.165) is 17.9 Å². The number of carbonyl (C=O) groups is 1. The smallest absolute Gasteiger partial charge is 0.337 e. The second-order valence-electron chi connectivity index (χ2n) is 4.24. The Hall–Kier alpha value is -2.37. The van der Waals surface area contributed by atoms with Crippen LogP contribution < -0.4 is 5.32 Å². The van der Waals surface area contributed by atoms with E-state index in [1.165, 1.54) is 0 Å². The lowest BCUT2D eigenvalue weighted by molar-refractivity contribution is 0.0698. The molecule has 0 radical (unpaired) electrons. The van der Waals surface area contributed by atoms with E-state index in [1.807, 2.05) is 24.5 Å². The molecular formula is C13H16N4O2. The van der Waals surface area contributed by atoms with E-state index >= 15 is 0 Å². The minimum atomic E-state index is -0.942. The molecule has 0 saturated heterocycles. The van der Waals surface area contributed by atoms with Crippen molar-refractivity contribution in [1.82, 2.24) is 14.8 Å². The SMILES string of the molecule is CCn1cnnc1CNc1ccc(C)cc1C(=O)O. The van der Waals surface area contributed by atoms with Crippen LogP contribution in [0.5, 0.6) is 0 Å². The number of aromatic nitrogens is 3. The second kappa shape index (κ2) is 5.51. The van der Waals surface area contributed by atoms with Crippen molar-refractivity contribution in [3.8, 4) is 0 Å². The fourth-order valence-electron chi connectivity index (χ4n) is 1.84. The average Bonchev–Trinajstić information content (AvgIpc) is 2.84. The minimum Gasteiger partial charge on any atom is -0.478 e. The first-order valence-electron chi connectivity index (χ1n) is 6.06. The van der Waals surface area contributed by atoms with Crippen molar-refractivity contribution in [3.63, 3.8) is 0 Å². The van der Waals surface area contributed by atoms with Crippen LogP contribution in [0.1, 0.15) is 28.7 Å². The van der Waals surface area contributed by atoms with Crippen LogP contribution in [0.15, 0.2) is 24.5 Å². The molecule has 0 spiro atoms. The van der Waals surface area contributed by atoms with Gasteiger partial charge in [0.15, 0.2) is 5.82 Å². The molecule has 6 heteroatoms. The van der Waals surface area contributed by atoms with Gasteiger partial charge in [-0.3, -0.25) is 0 Å². The Kier molecular flexibility index (Phi) is 3.79. The quantitative estimate of drug-likeness (QED) is 0.858. The van der Waals surface area contributed by atoms with Gasteiger partial charge in [-0.1, -0.05) is 11.6 Å². The van der Waals surface area contributed by atoms with E-state index in [2.05, 4.69) is 15.5 Å². The minimum absolute atomic E-state index is 0.266. The molecule has 6 nitrogen and oxygen atoms in total. The molecule has 2 aromatic rings. The van der Waals surface area contributed by atoms with Crippen LogP contribution in [0, 0.1) is 6.92 Å². The number of carboxylic acid groups (broad SMARTS) is 1. The summed E-state index contributed by atoms with van der Waals surface area (Å²) in [5.41, 5.74) is 1.77. The number of anilines is 1. The zero-order valence-corrected chi connectivity index (χ0v) is 10.9. The number of aromatic carboxylic acids is 1. The maximum atomic E-state index is 11.2. The summed E-state index contributed by atoms with van der Waals surface area (Å²) in [7, 11) is 0. The van der Waals surface area contributed by atoms with E-state index in [-0.39, 0.29) is 5.56 Å². The predicted octanol–water partition coefficient (Wildman–Crippen LogP) is 1.92. The normalized spacial score (nSPS) is 10.4. The Morgan fingerprint density at radius 2 is 2.26 bits per heavy atom. The third-order valence-corrected chi connectivity index (χ3v) is 2.88. The average molecular weight is 260 g/mol. The number of nitrogens with zero attached hydrogens (tertiary/aromatic N) is 3. The number of rotatable bonds is 5. The molecule has 19 heavy (non-hydrogen) atoms. The summed E-state index contributed by atoms with van der Waals surface area (Å²) in [6.07, 6.45) is 1.66. The number of nitrogens with one attached hydrogen (secondary N) is 1. The number of carboxylic acids is 1. The molecule has 1 aromatic heterocycles. The third kappa shape index (κ3) is 2.90. The van der Waals surface area contributed by atoms with Gasteiger partial charge in [-0.05, 0) is 26.0 Å². The first-order valence-corrected chi connectivity index (χ1v) is 6.06. The van der Waals surface area contributed by atoms with Crippen molar-refractivity contribution in [1.29, 1.82) is 0 Å². The topological polar surface area (TPSA) is 80.0 Å². The lowest BCUT2D eigenvalue weighted by atomic mass is 10.1. The molecule has 1 aromatic carbocycles. The lowest BCUT2D eigenvalue weighted by Gasteiger charge is -2.10. The summed E-state index contributed by atoms with van der Waals surface area (Å²) in [4.78, 5) is 11.2. The molecule has 0 atom stereocenters. The Bertz CT molecular complexity index is 592. The molecule has 0 amide bonds. The highest BCUT2D eigenvalue weighted by Crippen LogP contribution is 2.18. The highest BCUT2D eigenvalue weighted by Gasteiger charge is 2.11. The summed E-state index contributed by atoms with van der Waals surface area (Å²) in [5.74, 6) is -0.164. The Morgan fingerprint density at radius 1 is 1.47 bits per heavy atom. The molecule has 0 aliphatic rings. The van der Waals surface area contributed by atoms with Crippen molar-refractivity contribution in [2.45, 2.75) is 26.9 Å². The summed E-state index contributed by atoms with van der Waals surface area (Å²) in [5, 5.41) is 20.1. The molecular weight excluding hydrogens is 244 g/mol. The number of aryl methyl sites for hydroxylation is 2. The lowest BCUT2D eigenvalue weighted by Crippen LogP contribution is -2.10. The van der Waals surface area contributed by atoms with Gasteiger partial charge in [-0.2, -0.15) is 0 Å². The van der Waals surface area contributed by atoms with Gasteiger partial charge in [-0.15, -0.1) is 10.2 Å². The molecule has 0 fully saturated rings. The fourth-order valence-corrected chi connectivity index (χ4v) is 1.84. The molecule has 0 saturated carbocycles. The summed E-state index contributed by atoms with van der Waals surface area (Å²) in [6.45, 7) is 5.09. The standard InChI is InChI=1S/C13H16N4O2/c1-3-17-8-15-16-12(17)7-14-11-5-4-9(2)6-10(11)13(18)19/h4-6,8,14H,3,7H2,1-2H3,(H,18,19). The van der Waals surface area contributed by atoms with Gasteiger partial charge in [0.2, 0.25) is 0 Å². The molecule has 0 aliphatic heterocycles. The van der Waals surface area contributed by atoms with Gasteiger partial charge in [0.05, 0.1) is 12.1 Å². The van der Waals surface area contributed by atoms with E-state index < -0.39 is 5.97 Å². The largest absolute Gasteiger partial charge is 0.478 e. The first kappa shape index (κ1) is 13.1. The van der Waals surface area contributed by atoms with Crippen LogP contribution in [-0.4, -0.2) is 25.8 Å². The van der Waals surface area contributed by atoms with Crippen LogP contribution in [0.25, 0.3) is 0 Å². The van der Waals surface area contributed by atoms with Crippen LogP contribution in [0.2, 0.25) is 0 Å². The third-order valence-electron chi connectivity index (χ3n) is 2.88. The Labute approximate surface area is 111 Å². The monoisotopic (exact) mass is 260 g/mol. The highest BCUT2D eigenvalue weighted by molar-refractivity contribution is 5.94. The van der Waals surface area contributed by atoms with E-state index in [0.29, 0.717) is 12.2 Å². The van der Waals surface area contributed by atoms with E-state index in [1.54, 1.807) is 18.5 Å². The molecule has 0 unspecified atom stereocenters. The molecule has 100 valence electrons. The van der Waals surface area contributed by atoms with Gasteiger partial charge in [0.25, 0.3) is 0 Å². The molecule has 2 rings (SSSR count). The summed E-state index contributed by atoms with van der Waals surface area (Å²) in [6, 6.07) is 5.29. The van der Waals surface area contributed by atoms with Crippen molar-refractivity contribution >= 4 is 11.7 Å². The van der Waals surface area contributed by atoms with E-state index in [4.69, 9.17) is 0 Å². The maximum absolute atomic E-state index is 11.2. The number of benzene rings is 1. The predicted molar refractivity (Wildman–Crippen MR) is 71.2 cm³/mol. The van der Waals surface area contributed by atoms with Crippen LogP contribution in [-0.2, 0) is 13.1 Å². The van der Waals surface area contributed by atoms with Crippen LogP contribution in [0.3, 0.4) is 0 Å². The van der Waals surface area contributed by atoms with Crippen molar-refractivity contribution in [2.24, 2.45) is 0 Å². The van der Waals surface area contributed by atoms with Crippen LogP contribution in [0.4, 0.5) is 5.69 Å². The zero-order chi connectivity index (χ0) is 13.8. The van der Waals surface area contributed by atoms with Crippen LogP contribution >= 0.6 is 0 Å². The van der Waals surface area contributed by atoms with Gasteiger partial charge in [0.1, 0.15) is 6.33 Å². The Balaban J connectivity index is 2.18. The molecule has 0 aliphatic carbocycles. The van der Waals surface area contributed by atoms with E-state index in [9.17, 15) is 9.90 Å². The summed E-state index contributed by atoms with van der Waals surface area (Å²) < 4.78 is 1.90.